The molecule has 0 fully saturated rings. The average Bonchev–Trinajstić information content (AvgIpc) is 2.62. The molecule has 130 valence electrons. The molecular weight excluding hydrogens is 338 g/mol. The fourth-order valence-electron chi connectivity index (χ4n) is 2.77. The van der Waals surface area contributed by atoms with E-state index in [2.05, 4.69) is 0 Å². The van der Waals surface area contributed by atoms with E-state index in [-0.39, 0.29) is 10.3 Å². The minimum absolute atomic E-state index is 0.158. The Kier molecular flexibility index (Phi) is 4.74. The van der Waals surface area contributed by atoms with Gasteiger partial charge in [0.1, 0.15) is 11.3 Å². The number of benzene rings is 2. The first-order valence-corrected chi connectivity index (χ1v) is 9.55. The maximum atomic E-state index is 12.7. The Morgan fingerprint density at radius 1 is 0.960 bits per heavy atom. The molecular formula is C19H19NO4S. The number of nitrogens with zero attached hydrogens (tertiary/aromatic N) is 1. The minimum atomic E-state index is -3.57. The molecule has 1 aromatic heterocycles. The molecule has 3 aromatic rings. The molecule has 0 aliphatic carbocycles. The molecule has 1 heterocycles. The summed E-state index contributed by atoms with van der Waals surface area (Å²) in [6.45, 7) is 4.39. The van der Waals surface area contributed by atoms with Gasteiger partial charge in [0, 0.05) is 24.7 Å². The normalized spacial score (nSPS) is 12.0. The average molecular weight is 357 g/mol. The van der Waals surface area contributed by atoms with E-state index in [0.717, 1.165) is 0 Å². The molecule has 0 saturated carbocycles. The lowest BCUT2D eigenvalue weighted by atomic mass is 10.1. The van der Waals surface area contributed by atoms with Gasteiger partial charge in [0.2, 0.25) is 10.0 Å². The summed E-state index contributed by atoms with van der Waals surface area (Å²) in [5, 5.41) is 0.498. The molecule has 5 nitrogen and oxygen atoms in total. The second kappa shape index (κ2) is 6.82. The Balaban J connectivity index is 2.13. The van der Waals surface area contributed by atoms with Crippen molar-refractivity contribution in [2.45, 2.75) is 18.7 Å². The van der Waals surface area contributed by atoms with E-state index in [4.69, 9.17) is 4.42 Å². The summed E-state index contributed by atoms with van der Waals surface area (Å²) in [6, 6.07) is 14.9. The number of hydrogen-bond acceptors (Lipinski definition) is 4. The molecule has 6 heteroatoms. The first-order chi connectivity index (χ1) is 12.0. The van der Waals surface area contributed by atoms with Crippen LogP contribution in [0.25, 0.3) is 22.3 Å². The van der Waals surface area contributed by atoms with Crippen molar-refractivity contribution >= 4 is 21.0 Å². The highest BCUT2D eigenvalue weighted by atomic mass is 32.2. The van der Waals surface area contributed by atoms with Crippen molar-refractivity contribution in [3.05, 3.63) is 64.8 Å². The molecule has 3 rings (SSSR count). The fourth-order valence-corrected chi connectivity index (χ4v) is 4.27. The van der Waals surface area contributed by atoms with Crippen molar-refractivity contribution in [3.8, 4) is 11.3 Å². The van der Waals surface area contributed by atoms with E-state index in [0.29, 0.717) is 35.4 Å². The van der Waals surface area contributed by atoms with Gasteiger partial charge in [0.25, 0.3) is 0 Å². The van der Waals surface area contributed by atoms with E-state index in [1.807, 2.05) is 0 Å². The molecule has 0 bridgehead atoms. The van der Waals surface area contributed by atoms with Crippen molar-refractivity contribution in [2.75, 3.05) is 13.1 Å². The predicted molar refractivity (Wildman–Crippen MR) is 98.0 cm³/mol. The monoisotopic (exact) mass is 357 g/mol. The molecule has 0 unspecified atom stereocenters. The van der Waals surface area contributed by atoms with Crippen molar-refractivity contribution < 1.29 is 12.8 Å². The Morgan fingerprint density at radius 3 is 2.40 bits per heavy atom. The van der Waals surface area contributed by atoms with Crippen LogP contribution in [0.5, 0.6) is 0 Å². The van der Waals surface area contributed by atoms with Gasteiger partial charge in [-0.2, -0.15) is 4.31 Å². The molecule has 25 heavy (non-hydrogen) atoms. The second-order valence-corrected chi connectivity index (χ2v) is 7.53. The SMILES string of the molecule is CCN(CC)S(=O)(=O)c1cccc(-c2cc(=O)c3ccccc3o2)c1. The van der Waals surface area contributed by atoms with Crippen LogP contribution in [0.4, 0.5) is 0 Å². The van der Waals surface area contributed by atoms with E-state index in [1.165, 1.54) is 10.4 Å². The van der Waals surface area contributed by atoms with Crippen LogP contribution >= 0.6 is 0 Å². The maximum absolute atomic E-state index is 12.7. The van der Waals surface area contributed by atoms with Crippen LogP contribution in [0.1, 0.15) is 13.8 Å². The fraction of sp³-hybridized carbons (Fsp3) is 0.211. The Morgan fingerprint density at radius 2 is 1.68 bits per heavy atom. The number of sulfonamides is 1. The summed E-state index contributed by atoms with van der Waals surface area (Å²) in [7, 11) is -3.57. The summed E-state index contributed by atoms with van der Waals surface area (Å²) >= 11 is 0. The highest BCUT2D eigenvalue weighted by Crippen LogP contribution is 2.25. The van der Waals surface area contributed by atoms with Crippen LogP contribution in [-0.2, 0) is 10.0 Å². The van der Waals surface area contributed by atoms with Gasteiger partial charge in [-0.05, 0) is 24.3 Å². The minimum Gasteiger partial charge on any atom is -0.456 e. The van der Waals surface area contributed by atoms with Gasteiger partial charge < -0.3 is 4.42 Å². The highest BCUT2D eigenvalue weighted by Gasteiger charge is 2.22. The molecule has 0 atom stereocenters. The predicted octanol–water partition coefficient (Wildman–Crippen LogP) is 3.49. The Hall–Kier alpha value is -2.44. The van der Waals surface area contributed by atoms with Crippen LogP contribution in [0.3, 0.4) is 0 Å². The number of fused-ring (bicyclic) bond motifs is 1. The van der Waals surface area contributed by atoms with Crippen molar-refractivity contribution in [2.24, 2.45) is 0 Å². The molecule has 0 saturated heterocycles. The lowest BCUT2D eigenvalue weighted by Gasteiger charge is -2.18. The van der Waals surface area contributed by atoms with Crippen LogP contribution in [0.15, 0.2) is 68.7 Å². The summed E-state index contributed by atoms with van der Waals surface area (Å²) in [6.07, 6.45) is 0. The van der Waals surface area contributed by atoms with Gasteiger partial charge in [-0.3, -0.25) is 4.79 Å². The zero-order chi connectivity index (χ0) is 18.0. The summed E-state index contributed by atoms with van der Waals surface area (Å²) < 4.78 is 32.6. The molecule has 0 N–H and O–H groups in total. The molecule has 2 aromatic carbocycles. The van der Waals surface area contributed by atoms with Crippen LogP contribution in [-0.4, -0.2) is 25.8 Å². The van der Waals surface area contributed by atoms with Crippen LogP contribution < -0.4 is 5.43 Å². The smallest absolute Gasteiger partial charge is 0.243 e. The van der Waals surface area contributed by atoms with Gasteiger partial charge in [-0.25, -0.2) is 8.42 Å². The third-order valence-corrected chi connectivity index (χ3v) is 6.14. The van der Waals surface area contributed by atoms with Gasteiger partial charge in [0.15, 0.2) is 5.43 Å². The highest BCUT2D eigenvalue weighted by molar-refractivity contribution is 7.89. The van der Waals surface area contributed by atoms with E-state index in [9.17, 15) is 13.2 Å². The van der Waals surface area contributed by atoms with Gasteiger partial charge in [-0.1, -0.05) is 38.1 Å². The van der Waals surface area contributed by atoms with E-state index < -0.39 is 10.0 Å². The maximum Gasteiger partial charge on any atom is 0.243 e. The van der Waals surface area contributed by atoms with Crippen LogP contribution in [0.2, 0.25) is 0 Å². The number of hydrogen-bond donors (Lipinski definition) is 0. The quantitative estimate of drug-likeness (QED) is 0.701. The van der Waals surface area contributed by atoms with Crippen molar-refractivity contribution in [3.63, 3.8) is 0 Å². The van der Waals surface area contributed by atoms with Gasteiger partial charge in [0.05, 0.1) is 10.3 Å². The zero-order valence-corrected chi connectivity index (χ0v) is 14.9. The third-order valence-electron chi connectivity index (χ3n) is 4.10. The topological polar surface area (TPSA) is 67.6 Å². The van der Waals surface area contributed by atoms with Gasteiger partial charge in [-0.15, -0.1) is 0 Å². The van der Waals surface area contributed by atoms with Gasteiger partial charge >= 0.3 is 0 Å². The lowest BCUT2D eigenvalue weighted by molar-refractivity contribution is 0.445. The molecule has 0 spiro atoms. The number of para-hydroxylation sites is 1. The summed E-state index contributed by atoms with van der Waals surface area (Å²) in [5.41, 5.74) is 0.868. The Bertz CT molecular complexity index is 1070. The molecule has 0 aliphatic heterocycles. The third kappa shape index (κ3) is 3.23. The molecule has 0 radical (unpaired) electrons. The van der Waals surface area contributed by atoms with Crippen molar-refractivity contribution in [1.29, 1.82) is 0 Å². The first-order valence-electron chi connectivity index (χ1n) is 8.11. The first kappa shape index (κ1) is 17.4. The lowest BCUT2D eigenvalue weighted by Crippen LogP contribution is -2.30. The standard InChI is InChI=1S/C19H19NO4S/c1-3-20(4-2)25(22,23)15-9-7-8-14(12-15)19-13-17(21)16-10-5-6-11-18(16)24-19/h5-13H,3-4H2,1-2H3. The summed E-state index contributed by atoms with van der Waals surface area (Å²) in [5.74, 6) is 0.347. The second-order valence-electron chi connectivity index (χ2n) is 5.59. The molecule has 0 aliphatic rings. The zero-order valence-electron chi connectivity index (χ0n) is 14.1. The Labute approximate surface area is 146 Å². The summed E-state index contributed by atoms with van der Waals surface area (Å²) in [4.78, 5) is 12.5. The van der Waals surface area contributed by atoms with Crippen molar-refractivity contribution in [1.82, 2.24) is 4.31 Å². The van der Waals surface area contributed by atoms with E-state index in [1.54, 1.807) is 62.4 Å². The number of rotatable bonds is 5. The molecule has 0 amide bonds. The van der Waals surface area contributed by atoms with E-state index >= 15 is 0 Å². The largest absolute Gasteiger partial charge is 0.456 e. The van der Waals surface area contributed by atoms with Crippen LogP contribution in [0, 0.1) is 0 Å².